The molecule has 2 atom stereocenters. The van der Waals surface area contributed by atoms with E-state index in [2.05, 4.69) is 20.6 Å². The zero-order valence-corrected chi connectivity index (χ0v) is 13.7. The van der Waals surface area contributed by atoms with Crippen molar-refractivity contribution in [3.05, 3.63) is 30.5 Å². The molecule has 0 aliphatic carbocycles. The maximum atomic E-state index is 10.2. The Balaban J connectivity index is 1.88. The number of rotatable bonds is 5. The van der Waals surface area contributed by atoms with E-state index < -0.39 is 6.23 Å². The number of nitrogens with zero attached hydrogens (tertiary/aromatic N) is 3. The standard InChI is InChI=1S/C16H22N6O2/c1-18-14-5-6-19-16(21-14)20-11-3-4-13(24-2)12(8-11)22-9-10(17)7-15(22)23/h3-6,8,10,15,23H,7,9,17H2,1-2H3,(H2,18,19,20,21). The van der Waals surface area contributed by atoms with Crippen LogP contribution in [0.15, 0.2) is 30.5 Å². The molecule has 5 N–H and O–H groups in total. The van der Waals surface area contributed by atoms with Crippen LogP contribution in [0.25, 0.3) is 0 Å². The number of nitrogens with one attached hydrogen (secondary N) is 2. The average Bonchev–Trinajstić information content (AvgIpc) is 2.93. The summed E-state index contributed by atoms with van der Waals surface area (Å²) in [7, 11) is 3.41. The van der Waals surface area contributed by atoms with Gasteiger partial charge in [0.1, 0.15) is 17.8 Å². The third kappa shape index (κ3) is 3.34. The second-order valence-corrected chi connectivity index (χ2v) is 5.66. The van der Waals surface area contributed by atoms with Gasteiger partial charge in [0.2, 0.25) is 5.95 Å². The van der Waals surface area contributed by atoms with Gasteiger partial charge in [0.15, 0.2) is 0 Å². The van der Waals surface area contributed by atoms with Crippen molar-refractivity contribution < 1.29 is 9.84 Å². The van der Waals surface area contributed by atoms with Crippen LogP contribution in [0.2, 0.25) is 0 Å². The van der Waals surface area contributed by atoms with E-state index >= 15 is 0 Å². The summed E-state index contributed by atoms with van der Waals surface area (Å²) in [5.41, 5.74) is 7.54. The molecule has 1 aliphatic rings. The third-order valence-electron chi connectivity index (χ3n) is 3.96. The second kappa shape index (κ2) is 6.90. The normalized spacial score (nSPS) is 20.1. The van der Waals surface area contributed by atoms with E-state index in [9.17, 15) is 5.11 Å². The Labute approximate surface area is 140 Å². The summed E-state index contributed by atoms with van der Waals surface area (Å²) < 4.78 is 5.42. The van der Waals surface area contributed by atoms with Gasteiger partial charge in [-0.1, -0.05) is 0 Å². The minimum atomic E-state index is -0.618. The number of hydrogen-bond donors (Lipinski definition) is 4. The van der Waals surface area contributed by atoms with E-state index in [0.29, 0.717) is 24.7 Å². The largest absolute Gasteiger partial charge is 0.495 e. The number of benzene rings is 1. The minimum absolute atomic E-state index is 0.0584. The van der Waals surface area contributed by atoms with E-state index in [1.807, 2.05) is 23.1 Å². The smallest absolute Gasteiger partial charge is 0.229 e. The molecule has 8 nitrogen and oxygen atoms in total. The summed E-state index contributed by atoms with van der Waals surface area (Å²) in [4.78, 5) is 10.4. The molecule has 2 aromatic rings. The van der Waals surface area contributed by atoms with E-state index in [0.717, 1.165) is 17.2 Å². The van der Waals surface area contributed by atoms with Gasteiger partial charge >= 0.3 is 0 Å². The van der Waals surface area contributed by atoms with Gasteiger partial charge in [0.05, 0.1) is 12.8 Å². The molecule has 24 heavy (non-hydrogen) atoms. The van der Waals surface area contributed by atoms with Gasteiger partial charge in [-0.05, 0) is 24.3 Å². The molecule has 8 heteroatoms. The van der Waals surface area contributed by atoms with Gasteiger partial charge in [-0.25, -0.2) is 4.98 Å². The molecule has 2 unspecified atom stereocenters. The van der Waals surface area contributed by atoms with Crippen LogP contribution >= 0.6 is 0 Å². The fraction of sp³-hybridized carbons (Fsp3) is 0.375. The van der Waals surface area contributed by atoms with E-state index in [-0.39, 0.29) is 6.04 Å². The Morgan fingerprint density at radius 1 is 1.38 bits per heavy atom. The summed E-state index contributed by atoms with van der Waals surface area (Å²) >= 11 is 0. The van der Waals surface area contributed by atoms with Gasteiger partial charge in [-0.15, -0.1) is 0 Å². The first-order chi connectivity index (χ1) is 11.6. The van der Waals surface area contributed by atoms with Crippen molar-refractivity contribution in [2.75, 3.05) is 36.2 Å². The lowest BCUT2D eigenvalue weighted by Gasteiger charge is -2.25. The van der Waals surface area contributed by atoms with Crippen LogP contribution in [0.1, 0.15) is 6.42 Å². The van der Waals surface area contributed by atoms with Crippen LogP contribution in [0, 0.1) is 0 Å². The van der Waals surface area contributed by atoms with E-state index in [1.165, 1.54) is 0 Å². The second-order valence-electron chi connectivity index (χ2n) is 5.66. The fourth-order valence-corrected chi connectivity index (χ4v) is 2.79. The molecule has 0 amide bonds. The Bertz CT molecular complexity index is 711. The van der Waals surface area contributed by atoms with Crippen molar-refractivity contribution in [3.63, 3.8) is 0 Å². The molecule has 1 fully saturated rings. The Hall–Kier alpha value is -2.58. The topological polar surface area (TPSA) is 109 Å². The lowest BCUT2D eigenvalue weighted by atomic mass is 10.2. The van der Waals surface area contributed by atoms with E-state index in [1.54, 1.807) is 26.4 Å². The quantitative estimate of drug-likeness (QED) is 0.646. The first kappa shape index (κ1) is 16.3. The summed E-state index contributed by atoms with van der Waals surface area (Å²) in [5, 5.41) is 16.4. The van der Waals surface area contributed by atoms with Gasteiger partial charge in [0, 0.05) is 37.9 Å². The molecule has 1 aliphatic heterocycles. The summed E-state index contributed by atoms with van der Waals surface area (Å²) in [6.45, 7) is 0.576. The van der Waals surface area contributed by atoms with Crippen LogP contribution < -0.4 is 26.0 Å². The monoisotopic (exact) mass is 330 g/mol. The molecule has 1 aromatic carbocycles. The lowest BCUT2D eigenvalue weighted by Crippen LogP contribution is -2.30. The molecule has 0 saturated carbocycles. The molecule has 1 aromatic heterocycles. The van der Waals surface area contributed by atoms with Crippen molar-refractivity contribution in [2.45, 2.75) is 18.7 Å². The molecule has 0 bridgehead atoms. The number of aliphatic hydroxyl groups excluding tert-OH is 1. The molecular weight excluding hydrogens is 308 g/mol. The van der Waals surface area contributed by atoms with Crippen molar-refractivity contribution in [2.24, 2.45) is 5.73 Å². The number of aromatic nitrogens is 2. The molecule has 1 saturated heterocycles. The van der Waals surface area contributed by atoms with Crippen molar-refractivity contribution in [3.8, 4) is 5.75 Å². The molecule has 3 rings (SSSR count). The van der Waals surface area contributed by atoms with Crippen LogP contribution in [-0.4, -0.2) is 48.0 Å². The van der Waals surface area contributed by atoms with Crippen LogP contribution in [0.5, 0.6) is 5.75 Å². The zero-order valence-electron chi connectivity index (χ0n) is 13.7. The Morgan fingerprint density at radius 3 is 2.88 bits per heavy atom. The fourth-order valence-electron chi connectivity index (χ4n) is 2.79. The van der Waals surface area contributed by atoms with Gasteiger partial charge in [-0.2, -0.15) is 4.98 Å². The lowest BCUT2D eigenvalue weighted by molar-refractivity contribution is 0.183. The average molecular weight is 330 g/mol. The number of aliphatic hydroxyl groups is 1. The van der Waals surface area contributed by atoms with Crippen LogP contribution in [-0.2, 0) is 0 Å². The molecule has 2 heterocycles. The summed E-state index contributed by atoms with van der Waals surface area (Å²) in [6.07, 6.45) is 1.59. The first-order valence-corrected chi connectivity index (χ1v) is 7.77. The van der Waals surface area contributed by atoms with Gasteiger partial charge in [-0.3, -0.25) is 0 Å². The predicted octanol–water partition coefficient (Wildman–Crippen LogP) is 1.13. The summed E-state index contributed by atoms with van der Waals surface area (Å²) in [6, 6.07) is 7.34. The van der Waals surface area contributed by atoms with E-state index in [4.69, 9.17) is 10.5 Å². The molecule has 0 radical (unpaired) electrons. The van der Waals surface area contributed by atoms with Crippen LogP contribution in [0.3, 0.4) is 0 Å². The van der Waals surface area contributed by atoms with Gasteiger partial charge < -0.3 is 31.1 Å². The minimum Gasteiger partial charge on any atom is -0.495 e. The van der Waals surface area contributed by atoms with Crippen molar-refractivity contribution >= 4 is 23.1 Å². The number of ether oxygens (including phenoxy) is 1. The molecule has 128 valence electrons. The third-order valence-corrected chi connectivity index (χ3v) is 3.96. The Morgan fingerprint density at radius 2 is 2.21 bits per heavy atom. The van der Waals surface area contributed by atoms with Crippen molar-refractivity contribution in [1.29, 1.82) is 0 Å². The van der Waals surface area contributed by atoms with Gasteiger partial charge in [0.25, 0.3) is 0 Å². The highest BCUT2D eigenvalue weighted by atomic mass is 16.5. The highest BCUT2D eigenvalue weighted by molar-refractivity contribution is 5.69. The number of methoxy groups -OCH3 is 1. The Kier molecular flexibility index (Phi) is 4.68. The highest BCUT2D eigenvalue weighted by Gasteiger charge is 2.30. The maximum Gasteiger partial charge on any atom is 0.229 e. The summed E-state index contributed by atoms with van der Waals surface area (Å²) in [5.74, 6) is 1.89. The highest BCUT2D eigenvalue weighted by Crippen LogP contribution is 2.35. The predicted molar refractivity (Wildman–Crippen MR) is 93.8 cm³/mol. The first-order valence-electron chi connectivity index (χ1n) is 7.77. The number of anilines is 4. The zero-order chi connectivity index (χ0) is 17.1. The van der Waals surface area contributed by atoms with Crippen molar-refractivity contribution in [1.82, 2.24) is 9.97 Å². The molecular formula is C16H22N6O2. The number of hydrogen-bond acceptors (Lipinski definition) is 8. The molecule has 0 spiro atoms. The maximum absolute atomic E-state index is 10.2. The number of nitrogens with two attached hydrogens (primary N) is 1. The van der Waals surface area contributed by atoms with Crippen LogP contribution in [0.4, 0.5) is 23.1 Å². The SMILES string of the molecule is CNc1ccnc(Nc2ccc(OC)c(N3CC(N)CC3O)c2)n1.